The summed E-state index contributed by atoms with van der Waals surface area (Å²) in [6, 6.07) is 7.53. The van der Waals surface area contributed by atoms with Crippen LogP contribution in [0.15, 0.2) is 36.7 Å². The molecule has 0 atom stereocenters. The predicted molar refractivity (Wildman–Crippen MR) is 158 cm³/mol. The van der Waals surface area contributed by atoms with Crippen LogP contribution in [0.3, 0.4) is 0 Å². The molecule has 2 saturated carbocycles. The quantitative estimate of drug-likeness (QED) is 0.137. The SMILES string of the molecule is CCCCCCCOc1cnc(-c2ccc(OC(=O)C3CCC(C4CCC(CCCC)CC4)CC3)cc2)nc1. The van der Waals surface area contributed by atoms with E-state index in [9.17, 15) is 4.79 Å². The monoisotopic (exact) mass is 534 g/mol. The van der Waals surface area contributed by atoms with Crippen molar-refractivity contribution in [2.24, 2.45) is 23.7 Å². The second-order valence-electron chi connectivity index (χ2n) is 12.0. The van der Waals surface area contributed by atoms with Crippen molar-refractivity contribution in [3.05, 3.63) is 36.7 Å². The van der Waals surface area contributed by atoms with Gasteiger partial charge in [0.05, 0.1) is 24.9 Å². The third-order valence-electron chi connectivity index (χ3n) is 9.10. The van der Waals surface area contributed by atoms with Crippen LogP contribution in [0.1, 0.15) is 117 Å². The van der Waals surface area contributed by atoms with Gasteiger partial charge in [0.15, 0.2) is 11.6 Å². The summed E-state index contributed by atoms with van der Waals surface area (Å²) in [4.78, 5) is 21.8. The highest BCUT2D eigenvalue weighted by Gasteiger charge is 2.33. The first-order valence-electron chi connectivity index (χ1n) is 15.9. The third kappa shape index (κ3) is 9.32. The molecule has 1 heterocycles. The Morgan fingerprint density at radius 1 is 0.744 bits per heavy atom. The Labute approximate surface area is 236 Å². The lowest BCUT2D eigenvalue weighted by Crippen LogP contribution is -2.30. The highest BCUT2D eigenvalue weighted by molar-refractivity contribution is 5.75. The molecule has 0 bridgehead atoms. The van der Waals surface area contributed by atoms with Gasteiger partial charge in [-0.05, 0) is 87.0 Å². The van der Waals surface area contributed by atoms with Crippen molar-refractivity contribution in [2.75, 3.05) is 6.61 Å². The zero-order valence-corrected chi connectivity index (χ0v) is 24.4. The number of nitrogens with zero attached hydrogens (tertiary/aromatic N) is 2. The highest BCUT2D eigenvalue weighted by atomic mass is 16.5. The van der Waals surface area contributed by atoms with E-state index in [2.05, 4.69) is 23.8 Å². The minimum atomic E-state index is -0.0723. The van der Waals surface area contributed by atoms with Gasteiger partial charge < -0.3 is 9.47 Å². The maximum atomic E-state index is 12.9. The molecule has 0 radical (unpaired) electrons. The second kappa shape index (κ2) is 16.0. The molecular weight excluding hydrogens is 484 g/mol. The number of carbonyl (C=O) groups is 1. The summed E-state index contributed by atoms with van der Waals surface area (Å²) in [5.74, 6) is 4.55. The maximum Gasteiger partial charge on any atom is 0.314 e. The van der Waals surface area contributed by atoms with Crippen molar-refractivity contribution in [3.8, 4) is 22.9 Å². The fraction of sp³-hybridized carbons (Fsp3) is 0.676. The van der Waals surface area contributed by atoms with Crippen LogP contribution < -0.4 is 9.47 Å². The molecule has 5 nitrogen and oxygen atoms in total. The molecule has 2 aliphatic carbocycles. The Hall–Kier alpha value is -2.43. The summed E-state index contributed by atoms with van der Waals surface area (Å²) in [5.41, 5.74) is 0.894. The Bertz CT molecular complexity index is 959. The van der Waals surface area contributed by atoms with E-state index < -0.39 is 0 Å². The standard InChI is InChI=1S/C34H50N2O3/c1-3-5-7-8-9-23-38-32-24-35-33(36-25-32)29-19-21-31(22-20-29)39-34(37)30-17-15-28(16-18-30)27-13-11-26(12-14-27)10-6-4-2/h19-22,24-28,30H,3-18,23H2,1-2H3. The number of carbonyl (C=O) groups excluding carboxylic acids is 1. The van der Waals surface area contributed by atoms with Crippen molar-refractivity contribution in [1.82, 2.24) is 9.97 Å². The van der Waals surface area contributed by atoms with E-state index in [4.69, 9.17) is 9.47 Å². The molecule has 2 aliphatic rings. The number of ether oxygens (including phenoxy) is 2. The molecule has 1 aromatic heterocycles. The van der Waals surface area contributed by atoms with Crippen LogP contribution in [0, 0.1) is 23.7 Å². The Balaban J connectivity index is 1.17. The molecule has 1 aromatic carbocycles. The summed E-state index contributed by atoms with van der Waals surface area (Å²) in [7, 11) is 0. The van der Waals surface area contributed by atoms with Crippen LogP contribution in [-0.4, -0.2) is 22.5 Å². The van der Waals surface area contributed by atoms with Crippen molar-refractivity contribution in [2.45, 2.75) is 117 Å². The van der Waals surface area contributed by atoms with E-state index in [0.29, 0.717) is 23.9 Å². The predicted octanol–water partition coefficient (Wildman–Crippen LogP) is 9.20. The van der Waals surface area contributed by atoms with Gasteiger partial charge in [-0.1, -0.05) is 71.6 Å². The molecule has 214 valence electrons. The third-order valence-corrected chi connectivity index (χ3v) is 9.10. The lowest BCUT2D eigenvalue weighted by Gasteiger charge is -2.37. The van der Waals surface area contributed by atoms with E-state index in [1.807, 2.05) is 24.3 Å². The molecule has 5 heteroatoms. The van der Waals surface area contributed by atoms with Crippen molar-refractivity contribution in [1.29, 1.82) is 0 Å². The number of unbranched alkanes of at least 4 members (excludes halogenated alkanes) is 5. The summed E-state index contributed by atoms with van der Waals surface area (Å²) >= 11 is 0. The zero-order chi connectivity index (χ0) is 27.3. The van der Waals surface area contributed by atoms with E-state index in [-0.39, 0.29) is 11.9 Å². The highest BCUT2D eigenvalue weighted by Crippen LogP contribution is 2.42. The summed E-state index contributed by atoms with van der Waals surface area (Å²) < 4.78 is 11.5. The number of hydrogen-bond donors (Lipinski definition) is 0. The average Bonchev–Trinajstić information content (AvgIpc) is 2.99. The summed E-state index contributed by atoms with van der Waals surface area (Å²) in [5, 5.41) is 0. The maximum absolute atomic E-state index is 12.9. The van der Waals surface area contributed by atoms with E-state index >= 15 is 0 Å². The first-order valence-corrected chi connectivity index (χ1v) is 15.9. The van der Waals surface area contributed by atoms with Crippen LogP contribution >= 0.6 is 0 Å². The van der Waals surface area contributed by atoms with Crippen molar-refractivity contribution in [3.63, 3.8) is 0 Å². The zero-order valence-electron chi connectivity index (χ0n) is 24.4. The molecular formula is C34H50N2O3. The molecule has 2 aromatic rings. The van der Waals surface area contributed by atoms with E-state index in [0.717, 1.165) is 42.6 Å². The summed E-state index contributed by atoms with van der Waals surface area (Å²) in [6.45, 7) is 5.22. The Morgan fingerprint density at radius 2 is 1.36 bits per heavy atom. The van der Waals surface area contributed by atoms with Crippen LogP contribution in [0.2, 0.25) is 0 Å². The van der Waals surface area contributed by atoms with Gasteiger partial charge in [-0.15, -0.1) is 0 Å². The van der Waals surface area contributed by atoms with Crippen molar-refractivity contribution >= 4 is 5.97 Å². The van der Waals surface area contributed by atoms with Gasteiger partial charge in [-0.2, -0.15) is 0 Å². The van der Waals surface area contributed by atoms with E-state index in [1.165, 1.54) is 83.5 Å². The molecule has 4 rings (SSSR count). The fourth-order valence-electron chi connectivity index (χ4n) is 6.57. The lowest BCUT2D eigenvalue weighted by atomic mass is 9.68. The molecule has 0 unspecified atom stereocenters. The minimum absolute atomic E-state index is 0.0318. The molecule has 39 heavy (non-hydrogen) atoms. The molecule has 0 spiro atoms. The molecule has 2 fully saturated rings. The van der Waals surface area contributed by atoms with Crippen LogP contribution in [0.25, 0.3) is 11.4 Å². The van der Waals surface area contributed by atoms with Crippen molar-refractivity contribution < 1.29 is 14.3 Å². The van der Waals surface area contributed by atoms with Crippen LogP contribution in [0.4, 0.5) is 0 Å². The van der Waals surface area contributed by atoms with Gasteiger partial charge in [-0.25, -0.2) is 9.97 Å². The summed E-state index contributed by atoms with van der Waals surface area (Å²) in [6.07, 6.45) is 23.6. The van der Waals surface area contributed by atoms with Gasteiger partial charge in [0.1, 0.15) is 5.75 Å². The average molecular weight is 535 g/mol. The number of aromatic nitrogens is 2. The van der Waals surface area contributed by atoms with Gasteiger partial charge in [0.25, 0.3) is 0 Å². The first kappa shape index (κ1) is 29.6. The molecule has 0 N–H and O–H groups in total. The number of hydrogen-bond acceptors (Lipinski definition) is 5. The number of benzene rings is 1. The fourth-order valence-corrected chi connectivity index (χ4v) is 6.57. The van der Waals surface area contributed by atoms with Gasteiger partial charge in [0, 0.05) is 5.56 Å². The Kier molecular flexibility index (Phi) is 12.1. The Morgan fingerprint density at radius 3 is 2.00 bits per heavy atom. The normalized spacial score (nSPS) is 23.3. The molecule has 0 amide bonds. The minimum Gasteiger partial charge on any atom is -0.490 e. The number of rotatable bonds is 14. The topological polar surface area (TPSA) is 61.3 Å². The van der Waals surface area contributed by atoms with Gasteiger partial charge in [-0.3, -0.25) is 4.79 Å². The second-order valence-corrected chi connectivity index (χ2v) is 12.0. The first-order chi connectivity index (χ1) is 19.2. The number of esters is 1. The smallest absolute Gasteiger partial charge is 0.314 e. The lowest BCUT2D eigenvalue weighted by molar-refractivity contribution is -0.140. The molecule has 0 saturated heterocycles. The van der Waals surface area contributed by atoms with Gasteiger partial charge >= 0.3 is 5.97 Å². The van der Waals surface area contributed by atoms with Crippen LogP contribution in [0.5, 0.6) is 11.5 Å². The molecule has 0 aliphatic heterocycles. The van der Waals surface area contributed by atoms with E-state index in [1.54, 1.807) is 12.4 Å². The van der Waals surface area contributed by atoms with Gasteiger partial charge in [0.2, 0.25) is 0 Å². The van der Waals surface area contributed by atoms with Crippen LogP contribution in [-0.2, 0) is 4.79 Å². The largest absolute Gasteiger partial charge is 0.490 e.